The summed E-state index contributed by atoms with van der Waals surface area (Å²) in [5.41, 5.74) is -0.192. The second kappa shape index (κ2) is 5.34. The van der Waals surface area contributed by atoms with E-state index in [2.05, 4.69) is 9.71 Å². The van der Waals surface area contributed by atoms with E-state index in [1.54, 1.807) is 24.3 Å². The molecule has 0 bridgehead atoms. The van der Waals surface area contributed by atoms with Crippen molar-refractivity contribution in [2.45, 2.75) is 4.90 Å². The Kier molecular flexibility index (Phi) is 3.50. The molecular formula is C15H10F2N2O2S. The van der Waals surface area contributed by atoms with E-state index >= 15 is 0 Å². The molecule has 0 aliphatic heterocycles. The second-order valence-electron chi connectivity index (χ2n) is 4.56. The molecule has 0 aliphatic carbocycles. The van der Waals surface area contributed by atoms with Crippen LogP contribution in [0.1, 0.15) is 0 Å². The number of anilines is 1. The lowest BCUT2D eigenvalue weighted by molar-refractivity contribution is 0.595. The van der Waals surface area contributed by atoms with Crippen molar-refractivity contribution in [1.29, 1.82) is 0 Å². The van der Waals surface area contributed by atoms with E-state index in [1.165, 1.54) is 12.3 Å². The molecule has 1 heterocycles. The smallest absolute Gasteiger partial charge is 0.264 e. The van der Waals surface area contributed by atoms with Crippen molar-refractivity contribution in [3.8, 4) is 0 Å². The molecule has 2 aromatic carbocycles. The number of benzene rings is 2. The quantitative estimate of drug-likeness (QED) is 0.805. The van der Waals surface area contributed by atoms with Crippen molar-refractivity contribution in [2.24, 2.45) is 0 Å². The number of hydrogen-bond acceptors (Lipinski definition) is 3. The highest BCUT2D eigenvalue weighted by atomic mass is 32.2. The van der Waals surface area contributed by atoms with Crippen molar-refractivity contribution in [2.75, 3.05) is 4.72 Å². The third kappa shape index (κ3) is 2.62. The van der Waals surface area contributed by atoms with Crippen LogP contribution in [0.15, 0.2) is 59.6 Å². The van der Waals surface area contributed by atoms with E-state index in [9.17, 15) is 17.2 Å². The normalized spacial score (nSPS) is 11.5. The molecule has 112 valence electrons. The third-order valence-electron chi connectivity index (χ3n) is 3.06. The van der Waals surface area contributed by atoms with Crippen LogP contribution in [-0.2, 0) is 10.0 Å². The molecule has 0 saturated carbocycles. The standard InChI is InChI=1S/C15H10F2N2O2S/c16-11-6-7-12(17)13(9-11)19-22(20,21)14-5-1-3-10-4-2-8-18-15(10)14/h1-9,19H. The van der Waals surface area contributed by atoms with Crippen molar-refractivity contribution in [3.63, 3.8) is 0 Å². The molecule has 1 N–H and O–H groups in total. The largest absolute Gasteiger partial charge is 0.276 e. The lowest BCUT2D eigenvalue weighted by atomic mass is 10.2. The van der Waals surface area contributed by atoms with Crippen molar-refractivity contribution < 1.29 is 17.2 Å². The van der Waals surface area contributed by atoms with E-state index in [0.29, 0.717) is 5.39 Å². The summed E-state index contributed by atoms with van der Waals surface area (Å²) in [6.07, 6.45) is 1.46. The van der Waals surface area contributed by atoms with E-state index < -0.39 is 27.3 Å². The number of para-hydroxylation sites is 1. The molecule has 0 atom stereocenters. The number of nitrogens with zero attached hydrogens (tertiary/aromatic N) is 1. The maximum absolute atomic E-state index is 13.6. The summed E-state index contributed by atoms with van der Waals surface area (Å²) < 4.78 is 53.7. The van der Waals surface area contributed by atoms with Gasteiger partial charge in [0.05, 0.1) is 11.2 Å². The topological polar surface area (TPSA) is 59.1 Å². The van der Waals surface area contributed by atoms with Gasteiger partial charge in [0.1, 0.15) is 16.5 Å². The third-order valence-corrected chi connectivity index (χ3v) is 4.46. The number of aromatic nitrogens is 1. The van der Waals surface area contributed by atoms with Gasteiger partial charge in [-0.3, -0.25) is 9.71 Å². The minimum Gasteiger partial charge on any atom is -0.276 e. The van der Waals surface area contributed by atoms with Gasteiger partial charge >= 0.3 is 0 Å². The second-order valence-corrected chi connectivity index (χ2v) is 6.21. The lowest BCUT2D eigenvalue weighted by Crippen LogP contribution is -2.15. The van der Waals surface area contributed by atoms with E-state index in [-0.39, 0.29) is 10.4 Å². The minimum atomic E-state index is -4.10. The molecule has 3 aromatic rings. The van der Waals surface area contributed by atoms with Gasteiger partial charge in [0.15, 0.2) is 0 Å². The molecule has 0 amide bonds. The van der Waals surface area contributed by atoms with E-state index in [0.717, 1.165) is 18.2 Å². The summed E-state index contributed by atoms with van der Waals surface area (Å²) in [4.78, 5) is 3.94. The number of pyridine rings is 1. The monoisotopic (exact) mass is 320 g/mol. The summed E-state index contributed by atoms with van der Waals surface area (Å²) in [5, 5.41) is 0.630. The fourth-order valence-corrected chi connectivity index (χ4v) is 3.31. The summed E-state index contributed by atoms with van der Waals surface area (Å²) in [6, 6.07) is 10.6. The van der Waals surface area contributed by atoms with Gasteiger partial charge in [-0.05, 0) is 24.3 Å². The van der Waals surface area contributed by atoms with Crippen molar-refractivity contribution in [1.82, 2.24) is 4.98 Å². The van der Waals surface area contributed by atoms with Gasteiger partial charge in [-0.2, -0.15) is 0 Å². The number of halogens is 2. The number of rotatable bonds is 3. The fraction of sp³-hybridized carbons (Fsp3) is 0. The van der Waals surface area contributed by atoms with Gasteiger partial charge in [0.2, 0.25) is 0 Å². The van der Waals surface area contributed by atoms with Crippen LogP contribution in [-0.4, -0.2) is 13.4 Å². The molecular weight excluding hydrogens is 310 g/mol. The molecule has 0 fully saturated rings. The molecule has 0 unspecified atom stereocenters. The first-order chi connectivity index (χ1) is 10.5. The van der Waals surface area contributed by atoms with Crippen LogP contribution >= 0.6 is 0 Å². The zero-order chi connectivity index (χ0) is 15.7. The molecule has 0 saturated heterocycles. The molecule has 1 aromatic heterocycles. The van der Waals surface area contributed by atoms with Crippen LogP contribution in [0.3, 0.4) is 0 Å². The van der Waals surface area contributed by atoms with Crippen LogP contribution in [0.2, 0.25) is 0 Å². The average Bonchev–Trinajstić information content (AvgIpc) is 2.50. The van der Waals surface area contributed by atoms with E-state index in [4.69, 9.17) is 0 Å². The predicted molar refractivity (Wildman–Crippen MR) is 78.9 cm³/mol. The zero-order valence-electron chi connectivity index (χ0n) is 11.1. The summed E-state index contributed by atoms with van der Waals surface area (Å²) in [5.74, 6) is -1.60. The Morgan fingerprint density at radius 3 is 2.59 bits per heavy atom. The van der Waals surface area contributed by atoms with Gasteiger partial charge in [-0.1, -0.05) is 18.2 Å². The Hall–Kier alpha value is -2.54. The molecule has 7 heteroatoms. The molecule has 0 aliphatic rings. The maximum Gasteiger partial charge on any atom is 0.264 e. The predicted octanol–water partition coefficient (Wildman–Crippen LogP) is 3.31. The van der Waals surface area contributed by atoms with Crippen LogP contribution in [0.4, 0.5) is 14.5 Å². The highest BCUT2D eigenvalue weighted by Gasteiger charge is 2.20. The molecule has 3 rings (SSSR count). The first-order valence-corrected chi connectivity index (χ1v) is 7.77. The van der Waals surface area contributed by atoms with Gasteiger partial charge in [-0.25, -0.2) is 17.2 Å². The van der Waals surface area contributed by atoms with Crippen LogP contribution in [0, 0.1) is 11.6 Å². The number of nitrogens with one attached hydrogen (secondary N) is 1. The molecule has 4 nitrogen and oxygen atoms in total. The Morgan fingerprint density at radius 2 is 1.77 bits per heavy atom. The number of fused-ring (bicyclic) bond motifs is 1. The highest BCUT2D eigenvalue weighted by Crippen LogP contribution is 2.24. The summed E-state index contributed by atoms with van der Waals surface area (Å²) in [7, 11) is -4.10. The Labute approximate surface area is 125 Å². The maximum atomic E-state index is 13.6. The first kappa shape index (κ1) is 14.4. The Morgan fingerprint density at radius 1 is 1.00 bits per heavy atom. The number of hydrogen-bond donors (Lipinski definition) is 1. The van der Waals surface area contributed by atoms with Gasteiger partial charge < -0.3 is 0 Å². The number of sulfonamides is 1. The first-order valence-electron chi connectivity index (χ1n) is 6.29. The SMILES string of the molecule is O=S(=O)(Nc1cc(F)ccc1F)c1cccc2cccnc12. The molecule has 0 spiro atoms. The summed E-state index contributed by atoms with van der Waals surface area (Å²) in [6.45, 7) is 0. The van der Waals surface area contributed by atoms with Gasteiger partial charge in [0.25, 0.3) is 10.0 Å². The van der Waals surface area contributed by atoms with Gasteiger partial charge in [-0.15, -0.1) is 0 Å². The summed E-state index contributed by atoms with van der Waals surface area (Å²) >= 11 is 0. The van der Waals surface area contributed by atoms with Crippen molar-refractivity contribution >= 4 is 26.6 Å². The van der Waals surface area contributed by atoms with Crippen molar-refractivity contribution in [3.05, 3.63) is 66.4 Å². The van der Waals surface area contributed by atoms with Crippen LogP contribution < -0.4 is 4.72 Å². The van der Waals surface area contributed by atoms with E-state index in [1.807, 2.05) is 0 Å². The molecule has 22 heavy (non-hydrogen) atoms. The fourth-order valence-electron chi connectivity index (χ4n) is 2.07. The molecule has 0 radical (unpaired) electrons. The zero-order valence-corrected chi connectivity index (χ0v) is 11.9. The minimum absolute atomic E-state index is 0.103. The van der Waals surface area contributed by atoms with Gasteiger partial charge in [0, 0.05) is 17.6 Å². The average molecular weight is 320 g/mol. The van der Waals surface area contributed by atoms with Crippen LogP contribution in [0.25, 0.3) is 10.9 Å². The Bertz CT molecular complexity index is 953. The highest BCUT2D eigenvalue weighted by molar-refractivity contribution is 7.93. The van der Waals surface area contributed by atoms with Crippen LogP contribution in [0.5, 0.6) is 0 Å². The lowest BCUT2D eigenvalue weighted by Gasteiger charge is -2.10. The Balaban J connectivity index is 2.11.